The number of aromatic nitrogens is 1. The summed E-state index contributed by atoms with van der Waals surface area (Å²) in [5.41, 5.74) is 1.25. The molecule has 0 spiro atoms. The van der Waals surface area contributed by atoms with E-state index in [0.29, 0.717) is 0 Å². The Labute approximate surface area is 83.7 Å². The number of nitrogens with one attached hydrogen (secondary N) is 1. The lowest BCUT2D eigenvalue weighted by Gasteiger charge is -2.02. The number of aryl methyl sites for hydroxylation is 1. The first-order valence-electron chi connectivity index (χ1n) is 4.51. The smallest absolute Gasteiger partial charge is 0.0897 e. The van der Waals surface area contributed by atoms with Crippen molar-refractivity contribution in [2.45, 2.75) is 26.8 Å². The lowest BCUT2D eigenvalue weighted by molar-refractivity contribution is 0.734. The van der Waals surface area contributed by atoms with Crippen LogP contribution in [0.5, 0.6) is 0 Å². The summed E-state index contributed by atoms with van der Waals surface area (Å²) in [4.78, 5) is 5.48. The van der Waals surface area contributed by atoms with Gasteiger partial charge >= 0.3 is 0 Å². The van der Waals surface area contributed by atoms with Gasteiger partial charge in [0.2, 0.25) is 0 Å². The summed E-state index contributed by atoms with van der Waals surface area (Å²) >= 11 is 1.74. The lowest BCUT2D eigenvalue weighted by atomic mass is 10.2. The molecule has 1 aromatic heterocycles. The van der Waals surface area contributed by atoms with E-state index in [9.17, 15) is 0 Å². The molecule has 3 heteroatoms. The topological polar surface area (TPSA) is 24.9 Å². The first-order valence-corrected chi connectivity index (χ1v) is 5.32. The minimum Gasteiger partial charge on any atom is -0.308 e. The fourth-order valence-corrected chi connectivity index (χ4v) is 1.74. The predicted molar refractivity (Wildman–Crippen MR) is 58.0 cm³/mol. The van der Waals surface area contributed by atoms with Crippen LogP contribution >= 0.6 is 11.3 Å². The molecule has 1 N–H and O–H groups in total. The second-order valence-electron chi connectivity index (χ2n) is 3.05. The summed E-state index contributed by atoms with van der Waals surface area (Å²) in [6, 6.07) is 0. The van der Waals surface area contributed by atoms with Crippen LogP contribution < -0.4 is 5.32 Å². The van der Waals surface area contributed by atoms with Crippen molar-refractivity contribution in [3.05, 3.63) is 28.2 Å². The molecule has 0 bridgehead atoms. The molecule has 2 nitrogen and oxygen atoms in total. The quantitative estimate of drug-likeness (QED) is 0.732. The Morgan fingerprint density at radius 2 is 2.46 bits per heavy atom. The Balaban J connectivity index is 2.24. The minimum atomic E-state index is 0.907. The van der Waals surface area contributed by atoms with E-state index in [1.165, 1.54) is 10.5 Å². The second-order valence-corrected chi connectivity index (χ2v) is 4.37. The van der Waals surface area contributed by atoms with Gasteiger partial charge in [0, 0.05) is 24.2 Å². The van der Waals surface area contributed by atoms with E-state index in [1.54, 1.807) is 11.3 Å². The van der Waals surface area contributed by atoms with Gasteiger partial charge < -0.3 is 5.32 Å². The highest BCUT2D eigenvalue weighted by atomic mass is 32.1. The lowest BCUT2D eigenvalue weighted by Crippen LogP contribution is -2.15. The molecule has 0 saturated carbocycles. The Hall–Kier alpha value is -0.670. The van der Waals surface area contributed by atoms with E-state index >= 15 is 0 Å². The Morgan fingerprint density at radius 3 is 3.00 bits per heavy atom. The molecule has 13 heavy (non-hydrogen) atoms. The van der Waals surface area contributed by atoms with E-state index in [4.69, 9.17) is 0 Å². The maximum atomic E-state index is 4.19. The van der Waals surface area contributed by atoms with Crippen LogP contribution in [-0.2, 0) is 6.54 Å². The molecule has 0 amide bonds. The van der Waals surface area contributed by atoms with Gasteiger partial charge in [0.15, 0.2) is 0 Å². The zero-order valence-electron chi connectivity index (χ0n) is 8.26. The maximum Gasteiger partial charge on any atom is 0.0897 e. The highest BCUT2D eigenvalue weighted by Crippen LogP contribution is 2.10. The summed E-state index contributed by atoms with van der Waals surface area (Å²) in [5.74, 6) is 0. The Morgan fingerprint density at radius 1 is 1.69 bits per heavy atom. The van der Waals surface area contributed by atoms with Gasteiger partial charge in [0.1, 0.15) is 0 Å². The van der Waals surface area contributed by atoms with Crippen molar-refractivity contribution in [1.29, 1.82) is 0 Å². The highest BCUT2D eigenvalue weighted by molar-refractivity contribution is 7.11. The van der Waals surface area contributed by atoms with Crippen molar-refractivity contribution in [1.82, 2.24) is 10.3 Å². The van der Waals surface area contributed by atoms with Gasteiger partial charge in [0.05, 0.1) is 5.01 Å². The molecule has 0 saturated heterocycles. The minimum absolute atomic E-state index is 0.907. The van der Waals surface area contributed by atoms with E-state index in [0.717, 1.165) is 24.5 Å². The number of hydrogen-bond acceptors (Lipinski definition) is 3. The average molecular weight is 196 g/mol. The van der Waals surface area contributed by atoms with Gasteiger partial charge in [-0.3, -0.25) is 0 Å². The Bertz CT molecular complexity index is 278. The first-order chi connectivity index (χ1) is 6.22. The van der Waals surface area contributed by atoms with Crippen LogP contribution in [0.2, 0.25) is 0 Å². The molecule has 0 radical (unpaired) electrons. The third-order valence-corrected chi connectivity index (χ3v) is 2.76. The van der Waals surface area contributed by atoms with E-state index in [2.05, 4.69) is 23.8 Å². The van der Waals surface area contributed by atoms with Crippen LogP contribution in [0, 0.1) is 6.92 Å². The molecule has 0 aliphatic carbocycles. The van der Waals surface area contributed by atoms with Crippen molar-refractivity contribution in [2.75, 3.05) is 6.54 Å². The molecule has 0 aliphatic heterocycles. The van der Waals surface area contributed by atoms with E-state index < -0.39 is 0 Å². The normalized spacial score (nSPS) is 10.3. The van der Waals surface area contributed by atoms with Crippen molar-refractivity contribution in [3.63, 3.8) is 0 Å². The monoisotopic (exact) mass is 196 g/mol. The molecular weight excluding hydrogens is 180 g/mol. The standard InChI is InChI=1S/C10H16N2S/c1-4-8(2)5-11-6-10-7-12-9(3)13-10/h7,11H,2,4-6H2,1,3H3. The molecule has 1 heterocycles. The van der Waals surface area contributed by atoms with Crippen molar-refractivity contribution >= 4 is 11.3 Å². The number of nitrogens with zero attached hydrogens (tertiary/aromatic N) is 1. The first kappa shape index (κ1) is 10.4. The van der Waals surface area contributed by atoms with Crippen molar-refractivity contribution in [3.8, 4) is 0 Å². The molecule has 0 aromatic carbocycles. The summed E-state index contributed by atoms with van der Waals surface area (Å²) in [6.45, 7) is 9.91. The van der Waals surface area contributed by atoms with Crippen molar-refractivity contribution < 1.29 is 0 Å². The van der Waals surface area contributed by atoms with Gasteiger partial charge in [-0.25, -0.2) is 4.98 Å². The van der Waals surface area contributed by atoms with E-state index in [-0.39, 0.29) is 0 Å². The van der Waals surface area contributed by atoms with Crippen LogP contribution in [0.4, 0.5) is 0 Å². The average Bonchev–Trinajstić information content (AvgIpc) is 2.51. The molecule has 1 rings (SSSR count). The summed E-state index contributed by atoms with van der Waals surface area (Å²) in [6.07, 6.45) is 2.98. The van der Waals surface area contributed by atoms with Crippen LogP contribution in [0.15, 0.2) is 18.3 Å². The van der Waals surface area contributed by atoms with Crippen LogP contribution in [0.3, 0.4) is 0 Å². The van der Waals surface area contributed by atoms with E-state index in [1.807, 2.05) is 13.1 Å². The zero-order chi connectivity index (χ0) is 9.68. The SMILES string of the molecule is C=C(CC)CNCc1cnc(C)s1. The maximum absolute atomic E-state index is 4.19. The van der Waals surface area contributed by atoms with Crippen LogP contribution in [-0.4, -0.2) is 11.5 Å². The molecule has 72 valence electrons. The largest absolute Gasteiger partial charge is 0.308 e. The third kappa shape index (κ3) is 3.70. The molecular formula is C10H16N2S. The van der Waals surface area contributed by atoms with Gasteiger partial charge in [-0.1, -0.05) is 19.1 Å². The fraction of sp³-hybridized carbons (Fsp3) is 0.500. The summed E-state index contributed by atoms with van der Waals surface area (Å²) in [5, 5.41) is 4.47. The molecule has 0 aliphatic rings. The van der Waals surface area contributed by atoms with Crippen LogP contribution in [0.25, 0.3) is 0 Å². The third-order valence-electron chi connectivity index (χ3n) is 1.84. The summed E-state index contributed by atoms with van der Waals surface area (Å²) in [7, 11) is 0. The van der Waals surface area contributed by atoms with Gasteiger partial charge in [-0.15, -0.1) is 11.3 Å². The van der Waals surface area contributed by atoms with Gasteiger partial charge in [0.25, 0.3) is 0 Å². The van der Waals surface area contributed by atoms with Crippen LogP contribution in [0.1, 0.15) is 23.2 Å². The predicted octanol–water partition coefficient (Wildman–Crippen LogP) is 2.51. The van der Waals surface area contributed by atoms with Gasteiger partial charge in [-0.2, -0.15) is 0 Å². The highest BCUT2D eigenvalue weighted by Gasteiger charge is 1.97. The van der Waals surface area contributed by atoms with Crippen molar-refractivity contribution in [2.24, 2.45) is 0 Å². The second kappa shape index (κ2) is 5.14. The number of rotatable bonds is 5. The number of hydrogen-bond donors (Lipinski definition) is 1. The molecule has 1 aromatic rings. The molecule has 0 fully saturated rings. The Kier molecular flexibility index (Phi) is 4.12. The number of thiazole rings is 1. The van der Waals surface area contributed by atoms with Gasteiger partial charge in [-0.05, 0) is 13.3 Å². The molecule has 0 atom stereocenters. The molecule has 0 unspecified atom stereocenters. The summed E-state index contributed by atoms with van der Waals surface area (Å²) < 4.78 is 0. The zero-order valence-corrected chi connectivity index (χ0v) is 9.08. The fourth-order valence-electron chi connectivity index (χ4n) is 0.975.